The molecule has 0 aliphatic rings. The topological polar surface area (TPSA) is 3.24 Å². The Morgan fingerprint density at radius 3 is 2.36 bits per heavy atom. The van der Waals surface area contributed by atoms with Gasteiger partial charge in [-0.2, -0.15) is 0 Å². The Hall–Kier alpha value is -0.300. The highest BCUT2D eigenvalue weighted by molar-refractivity contribution is 4.80. The zero-order valence-corrected chi connectivity index (χ0v) is 8.14. The molecule has 0 atom stereocenters. The highest BCUT2D eigenvalue weighted by Crippen LogP contribution is 1.91. The first-order chi connectivity index (χ1) is 5.31. The van der Waals surface area contributed by atoms with E-state index >= 15 is 0 Å². The van der Waals surface area contributed by atoms with E-state index in [1.54, 1.807) is 0 Å². The van der Waals surface area contributed by atoms with Gasteiger partial charge >= 0.3 is 0 Å². The summed E-state index contributed by atoms with van der Waals surface area (Å²) in [7, 11) is 2.18. The van der Waals surface area contributed by atoms with Gasteiger partial charge < -0.3 is 4.90 Å². The molecule has 0 bridgehead atoms. The van der Waals surface area contributed by atoms with Crippen LogP contribution in [0, 0.1) is 0 Å². The van der Waals surface area contributed by atoms with E-state index in [1.807, 2.05) is 0 Å². The molecule has 0 saturated carbocycles. The molecule has 0 aromatic carbocycles. The van der Waals surface area contributed by atoms with Crippen molar-refractivity contribution in [3.8, 4) is 0 Å². The quantitative estimate of drug-likeness (QED) is 0.533. The summed E-state index contributed by atoms with van der Waals surface area (Å²) in [5.41, 5.74) is 0. The van der Waals surface area contributed by atoms with Crippen molar-refractivity contribution in [3.05, 3.63) is 12.2 Å². The van der Waals surface area contributed by atoms with Crippen LogP contribution in [0.4, 0.5) is 0 Å². The second-order valence-electron chi connectivity index (χ2n) is 2.97. The molecule has 0 radical (unpaired) electrons. The normalized spacial score (nSPS) is 11.6. The molecule has 0 heterocycles. The van der Waals surface area contributed by atoms with Crippen molar-refractivity contribution in [3.63, 3.8) is 0 Å². The molecule has 1 nitrogen and oxygen atoms in total. The molecule has 0 N–H and O–H groups in total. The predicted octanol–water partition coefficient (Wildman–Crippen LogP) is 2.68. The average Bonchev–Trinajstić information content (AvgIpc) is 1.99. The molecule has 0 spiro atoms. The van der Waals surface area contributed by atoms with E-state index in [0.717, 1.165) is 6.42 Å². The van der Waals surface area contributed by atoms with Gasteiger partial charge in [0.1, 0.15) is 0 Å². The SMILES string of the molecule is CC/C=C\CCN(C)CCC. The largest absolute Gasteiger partial charge is 0.306 e. The maximum absolute atomic E-state index is 2.38. The maximum atomic E-state index is 2.38. The predicted molar refractivity (Wildman–Crippen MR) is 51.8 cm³/mol. The molecular formula is C10H21N. The van der Waals surface area contributed by atoms with E-state index in [9.17, 15) is 0 Å². The van der Waals surface area contributed by atoms with Crippen molar-refractivity contribution in [2.75, 3.05) is 20.1 Å². The Bertz CT molecular complexity index is 97.0. The van der Waals surface area contributed by atoms with Crippen LogP contribution in [-0.2, 0) is 0 Å². The monoisotopic (exact) mass is 155 g/mol. The van der Waals surface area contributed by atoms with Gasteiger partial charge in [-0.3, -0.25) is 0 Å². The Morgan fingerprint density at radius 2 is 1.82 bits per heavy atom. The van der Waals surface area contributed by atoms with Gasteiger partial charge in [0.25, 0.3) is 0 Å². The lowest BCUT2D eigenvalue weighted by Gasteiger charge is -2.13. The first kappa shape index (κ1) is 10.7. The van der Waals surface area contributed by atoms with E-state index in [4.69, 9.17) is 0 Å². The molecule has 0 aromatic heterocycles. The third kappa shape index (κ3) is 7.60. The summed E-state index contributed by atoms with van der Waals surface area (Å²) in [6, 6.07) is 0. The van der Waals surface area contributed by atoms with Crippen LogP contribution in [0.1, 0.15) is 33.1 Å². The van der Waals surface area contributed by atoms with Crippen molar-refractivity contribution in [2.24, 2.45) is 0 Å². The summed E-state index contributed by atoms with van der Waals surface area (Å²) in [6.45, 7) is 6.81. The van der Waals surface area contributed by atoms with Gasteiger partial charge in [0.15, 0.2) is 0 Å². The Morgan fingerprint density at radius 1 is 1.09 bits per heavy atom. The van der Waals surface area contributed by atoms with E-state index < -0.39 is 0 Å². The third-order valence-corrected chi connectivity index (χ3v) is 1.69. The first-order valence-corrected chi connectivity index (χ1v) is 4.64. The number of nitrogens with zero attached hydrogens (tertiary/aromatic N) is 1. The van der Waals surface area contributed by atoms with E-state index in [-0.39, 0.29) is 0 Å². The molecular weight excluding hydrogens is 134 g/mol. The standard InChI is InChI=1S/C10H21N/c1-4-6-7-8-10-11(3)9-5-2/h6-7H,4-5,8-10H2,1-3H3/b7-6-. The van der Waals surface area contributed by atoms with Crippen LogP contribution in [0.2, 0.25) is 0 Å². The van der Waals surface area contributed by atoms with Crippen molar-refractivity contribution in [2.45, 2.75) is 33.1 Å². The fourth-order valence-corrected chi connectivity index (χ4v) is 1.07. The summed E-state index contributed by atoms with van der Waals surface area (Å²) in [5, 5.41) is 0. The van der Waals surface area contributed by atoms with E-state index in [1.165, 1.54) is 25.9 Å². The van der Waals surface area contributed by atoms with Gasteiger partial charge in [0.2, 0.25) is 0 Å². The molecule has 0 saturated heterocycles. The molecule has 0 unspecified atom stereocenters. The van der Waals surface area contributed by atoms with Crippen LogP contribution in [0.15, 0.2) is 12.2 Å². The summed E-state index contributed by atoms with van der Waals surface area (Å²) >= 11 is 0. The number of rotatable bonds is 6. The molecule has 0 aliphatic heterocycles. The van der Waals surface area contributed by atoms with Crippen molar-refractivity contribution in [1.82, 2.24) is 4.90 Å². The highest BCUT2D eigenvalue weighted by atomic mass is 15.1. The molecule has 0 fully saturated rings. The lowest BCUT2D eigenvalue weighted by atomic mass is 10.3. The third-order valence-electron chi connectivity index (χ3n) is 1.69. The minimum Gasteiger partial charge on any atom is -0.306 e. The van der Waals surface area contributed by atoms with Crippen LogP contribution < -0.4 is 0 Å². The van der Waals surface area contributed by atoms with Crippen molar-refractivity contribution in [1.29, 1.82) is 0 Å². The van der Waals surface area contributed by atoms with Crippen molar-refractivity contribution < 1.29 is 0 Å². The summed E-state index contributed by atoms with van der Waals surface area (Å²) in [6.07, 6.45) is 8.13. The van der Waals surface area contributed by atoms with E-state index in [2.05, 4.69) is 37.9 Å². The van der Waals surface area contributed by atoms with Gasteiger partial charge in [-0.05, 0) is 32.9 Å². The molecule has 0 aliphatic carbocycles. The lowest BCUT2D eigenvalue weighted by molar-refractivity contribution is 0.341. The number of hydrogen-bond acceptors (Lipinski definition) is 1. The fourth-order valence-electron chi connectivity index (χ4n) is 1.07. The minimum absolute atomic E-state index is 1.16. The van der Waals surface area contributed by atoms with Gasteiger partial charge in [0.05, 0.1) is 0 Å². The summed E-state index contributed by atoms with van der Waals surface area (Å²) in [5.74, 6) is 0. The van der Waals surface area contributed by atoms with Crippen LogP contribution in [0.5, 0.6) is 0 Å². The molecule has 11 heavy (non-hydrogen) atoms. The Labute approximate surface area is 71.1 Å². The molecule has 0 rings (SSSR count). The maximum Gasteiger partial charge on any atom is 0.00128 e. The van der Waals surface area contributed by atoms with Crippen LogP contribution in [0.3, 0.4) is 0 Å². The zero-order chi connectivity index (χ0) is 8.53. The molecule has 1 heteroatoms. The summed E-state index contributed by atoms with van der Waals surface area (Å²) in [4.78, 5) is 2.38. The molecule has 0 amide bonds. The van der Waals surface area contributed by atoms with Gasteiger partial charge in [-0.15, -0.1) is 0 Å². The fraction of sp³-hybridized carbons (Fsp3) is 0.800. The lowest BCUT2D eigenvalue weighted by Crippen LogP contribution is -2.19. The van der Waals surface area contributed by atoms with Gasteiger partial charge in [-0.25, -0.2) is 0 Å². The average molecular weight is 155 g/mol. The number of allylic oxidation sites excluding steroid dienone is 1. The molecule has 0 aromatic rings. The minimum atomic E-state index is 1.16. The van der Waals surface area contributed by atoms with Gasteiger partial charge in [-0.1, -0.05) is 26.0 Å². The zero-order valence-electron chi connectivity index (χ0n) is 8.14. The smallest absolute Gasteiger partial charge is 0.00128 e. The molecule has 66 valence electrons. The van der Waals surface area contributed by atoms with Crippen molar-refractivity contribution >= 4 is 0 Å². The van der Waals surface area contributed by atoms with Crippen LogP contribution in [-0.4, -0.2) is 25.0 Å². The van der Waals surface area contributed by atoms with Crippen LogP contribution >= 0.6 is 0 Å². The Kier molecular flexibility index (Phi) is 7.59. The second-order valence-corrected chi connectivity index (χ2v) is 2.97. The first-order valence-electron chi connectivity index (χ1n) is 4.64. The second kappa shape index (κ2) is 7.80. The Balaban J connectivity index is 3.16. The number of hydrogen-bond donors (Lipinski definition) is 0. The highest BCUT2D eigenvalue weighted by Gasteiger charge is 1.91. The van der Waals surface area contributed by atoms with Crippen LogP contribution in [0.25, 0.3) is 0 Å². The van der Waals surface area contributed by atoms with E-state index in [0.29, 0.717) is 0 Å². The van der Waals surface area contributed by atoms with Gasteiger partial charge in [0, 0.05) is 6.54 Å². The summed E-state index contributed by atoms with van der Waals surface area (Å²) < 4.78 is 0.